The van der Waals surface area contributed by atoms with Crippen LogP contribution in [0.3, 0.4) is 0 Å². The van der Waals surface area contributed by atoms with Crippen molar-refractivity contribution in [2.75, 3.05) is 11.8 Å². The normalized spacial score (nSPS) is 11.9. The summed E-state index contributed by atoms with van der Waals surface area (Å²) in [6.45, 7) is 0. The molecule has 0 saturated carbocycles. The molecule has 18 heavy (non-hydrogen) atoms. The molecule has 0 aliphatic carbocycles. The number of nitrogens with zero attached hydrogens (tertiary/aromatic N) is 2. The van der Waals surface area contributed by atoms with Crippen LogP contribution in [0, 0.1) is 5.82 Å². The summed E-state index contributed by atoms with van der Waals surface area (Å²) in [6.07, 6.45) is 2.89. The minimum Gasteiger partial charge on any atom is -0.478 e. The molecule has 94 valence electrons. The molecule has 2 rings (SSSR count). The minimum absolute atomic E-state index is 0.224. The first kappa shape index (κ1) is 12.4. The van der Waals surface area contributed by atoms with Crippen molar-refractivity contribution in [1.82, 2.24) is 9.97 Å². The van der Waals surface area contributed by atoms with Gasteiger partial charge in [0.25, 0.3) is 5.88 Å². The fraction of sp³-hybridized carbons (Fsp3) is 0.0909. The summed E-state index contributed by atoms with van der Waals surface area (Å²) < 4.78 is 32.5. The SMILES string of the molecule is COc1nccnc1NS(=O)c1cccc(F)c1. The van der Waals surface area contributed by atoms with Gasteiger partial charge in [-0.15, -0.1) is 0 Å². The summed E-state index contributed by atoms with van der Waals surface area (Å²) in [5.41, 5.74) is 0. The molecule has 1 aromatic heterocycles. The highest BCUT2D eigenvalue weighted by Crippen LogP contribution is 2.19. The first-order valence-corrected chi connectivity index (χ1v) is 6.14. The second-order valence-corrected chi connectivity index (χ2v) is 4.46. The summed E-state index contributed by atoms with van der Waals surface area (Å²) >= 11 is 0. The molecule has 1 heterocycles. The highest BCUT2D eigenvalue weighted by atomic mass is 32.2. The molecule has 1 aromatic carbocycles. The van der Waals surface area contributed by atoms with E-state index < -0.39 is 16.8 Å². The third-order valence-electron chi connectivity index (χ3n) is 2.06. The van der Waals surface area contributed by atoms with Gasteiger partial charge in [0.1, 0.15) is 5.82 Å². The Bertz CT molecular complexity index is 580. The van der Waals surface area contributed by atoms with Crippen LogP contribution >= 0.6 is 0 Å². The average Bonchev–Trinajstić information content (AvgIpc) is 2.39. The molecule has 2 aromatic rings. The van der Waals surface area contributed by atoms with Crippen LogP contribution in [-0.4, -0.2) is 21.3 Å². The monoisotopic (exact) mass is 267 g/mol. The van der Waals surface area contributed by atoms with Crippen LogP contribution in [0.25, 0.3) is 0 Å². The van der Waals surface area contributed by atoms with Gasteiger partial charge in [0.15, 0.2) is 11.0 Å². The Morgan fingerprint density at radius 2 is 2.11 bits per heavy atom. The van der Waals surface area contributed by atoms with Crippen molar-refractivity contribution in [3.8, 4) is 5.88 Å². The lowest BCUT2D eigenvalue weighted by Crippen LogP contribution is -2.08. The molecule has 1 atom stereocenters. The Labute approximate surface area is 106 Å². The van der Waals surface area contributed by atoms with Crippen LogP contribution in [0.1, 0.15) is 0 Å². The molecular weight excluding hydrogens is 257 g/mol. The van der Waals surface area contributed by atoms with Crippen molar-refractivity contribution in [3.05, 3.63) is 42.5 Å². The maximum atomic E-state index is 13.0. The number of halogens is 1. The topological polar surface area (TPSA) is 64.1 Å². The lowest BCUT2D eigenvalue weighted by molar-refractivity contribution is 0.398. The number of nitrogens with one attached hydrogen (secondary N) is 1. The van der Waals surface area contributed by atoms with Crippen molar-refractivity contribution in [1.29, 1.82) is 0 Å². The second-order valence-electron chi connectivity index (χ2n) is 3.24. The number of hydrogen-bond acceptors (Lipinski definition) is 4. The van der Waals surface area contributed by atoms with Gasteiger partial charge in [-0.25, -0.2) is 18.6 Å². The van der Waals surface area contributed by atoms with Crippen LogP contribution in [0.5, 0.6) is 5.88 Å². The largest absolute Gasteiger partial charge is 0.478 e. The number of rotatable bonds is 4. The number of ether oxygens (including phenoxy) is 1. The Morgan fingerprint density at radius 1 is 1.33 bits per heavy atom. The fourth-order valence-electron chi connectivity index (χ4n) is 1.27. The number of methoxy groups -OCH3 is 1. The standard InChI is InChI=1S/C11H10FN3O2S/c1-17-11-10(13-5-6-14-11)15-18(16)9-4-2-3-8(12)7-9/h2-7H,1H3,(H,13,15). The first-order chi connectivity index (χ1) is 8.70. The van der Waals surface area contributed by atoms with Crippen molar-refractivity contribution in [2.45, 2.75) is 4.90 Å². The summed E-state index contributed by atoms with van der Waals surface area (Å²) in [7, 11) is -0.198. The van der Waals surface area contributed by atoms with Gasteiger partial charge in [0.05, 0.1) is 12.0 Å². The van der Waals surface area contributed by atoms with E-state index >= 15 is 0 Å². The van der Waals surface area contributed by atoms with E-state index in [1.165, 1.54) is 37.7 Å². The van der Waals surface area contributed by atoms with Crippen molar-refractivity contribution in [3.63, 3.8) is 0 Å². The number of aromatic nitrogens is 2. The van der Waals surface area contributed by atoms with Crippen LogP contribution < -0.4 is 9.46 Å². The Balaban J connectivity index is 2.21. The minimum atomic E-state index is -1.63. The molecular formula is C11H10FN3O2S. The van der Waals surface area contributed by atoms with Gasteiger partial charge in [-0.3, -0.25) is 4.72 Å². The summed E-state index contributed by atoms with van der Waals surface area (Å²) in [6, 6.07) is 5.50. The molecule has 1 N–H and O–H groups in total. The van der Waals surface area contributed by atoms with E-state index in [9.17, 15) is 8.60 Å². The summed E-state index contributed by atoms with van der Waals surface area (Å²) in [4.78, 5) is 8.17. The third-order valence-corrected chi connectivity index (χ3v) is 3.12. The van der Waals surface area contributed by atoms with Crippen molar-refractivity contribution >= 4 is 16.8 Å². The van der Waals surface area contributed by atoms with Gasteiger partial charge in [-0.05, 0) is 18.2 Å². The number of anilines is 1. The zero-order chi connectivity index (χ0) is 13.0. The summed E-state index contributed by atoms with van der Waals surface area (Å²) in [5.74, 6) is 0.0126. The maximum absolute atomic E-state index is 13.0. The molecule has 0 aliphatic heterocycles. The molecule has 7 heteroatoms. The maximum Gasteiger partial charge on any atom is 0.258 e. The molecule has 0 bridgehead atoms. The zero-order valence-electron chi connectivity index (χ0n) is 9.46. The van der Waals surface area contributed by atoms with Crippen LogP contribution in [0.15, 0.2) is 41.6 Å². The molecule has 0 fully saturated rings. The van der Waals surface area contributed by atoms with E-state index in [1.807, 2.05) is 0 Å². The van der Waals surface area contributed by atoms with E-state index in [0.29, 0.717) is 4.90 Å². The zero-order valence-corrected chi connectivity index (χ0v) is 10.3. The Kier molecular flexibility index (Phi) is 3.83. The third kappa shape index (κ3) is 2.80. The van der Waals surface area contributed by atoms with E-state index in [4.69, 9.17) is 4.74 Å². The Hall–Kier alpha value is -2.02. The van der Waals surface area contributed by atoms with Crippen LogP contribution in [0.4, 0.5) is 10.2 Å². The molecule has 0 aliphatic rings. The molecule has 0 radical (unpaired) electrons. The van der Waals surface area contributed by atoms with Gasteiger partial charge < -0.3 is 4.74 Å². The Morgan fingerprint density at radius 3 is 2.83 bits per heavy atom. The van der Waals surface area contributed by atoms with E-state index in [2.05, 4.69) is 14.7 Å². The second kappa shape index (κ2) is 5.54. The smallest absolute Gasteiger partial charge is 0.258 e. The van der Waals surface area contributed by atoms with E-state index in [1.54, 1.807) is 6.07 Å². The molecule has 0 saturated heterocycles. The highest BCUT2D eigenvalue weighted by molar-refractivity contribution is 7.86. The van der Waals surface area contributed by atoms with Gasteiger partial charge >= 0.3 is 0 Å². The fourth-order valence-corrected chi connectivity index (χ4v) is 2.13. The number of benzene rings is 1. The lowest BCUT2D eigenvalue weighted by atomic mass is 10.4. The van der Waals surface area contributed by atoms with E-state index in [-0.39, 0.29) is 11.7 Å². The van der Waals surface area contributed by atoms with Gasteiger partial charge in [-0.2, -0.15) is 0 Å². The average molecular weight is 267 g/mol. The number of hydrogen-bond donors (Lipinski definition) is 1. The van der Waals surface area contributed by atoms with Crippen LogP contribution in [0.2, 0.25) is 0 Å². The van der Waals surface area contributed by atoms with Crippen LogP contribution in [-0.2, 0) is 11.0 Å². The first-order valence-electron chi connectivity index (χ1n) is 4.99. The quantitative estimate of drug-likeness (QED) is 0.916. The predicted octanol–water partition coefficient (Wildman–Crippen LogP) is 1.76. The van der Waals surface area contributed by atoms with Crippen molar-refractivity contribution in [2.24, 2.45) is 0 Å². The molecule has 0 spiro atoms. The van der Waals surface area contributed by atoms with Gasteiger partial charge in [-0.1, -0.05) is 6.07 Å². The molecule has 5 nitrogen and oxygen atoms in total. The summed E-state index contributed by atoms with van der Waals surface area (Å²) in [5, 5.41) is 0. The van der Waals surface area contributed by atoms with Gasteiger partial charge in [0.2, 0.25) is 5.82 Å². The predicted molar refractivity (Wildman–Crippen MR) is 65.0 cm³/mol. The highest BCUT2D eigenvalue weighted by Gasteiger charge is 2.10. The van der Waals surface area contributed by atoms with Gasteiger partial charge in [0, 0.05) is 12.4 Å². The molecule has 0 amide bonds. The lowest BCUT2D eigenvalue weighted by Gasteiger charge is -2.07. The van der Waals surface area contributed by atoms with Crippen molar-refractivity contribution < 1.29 is 13.3 Å². The van der Waals surface area contributed by atoms with E-state index in [0.717, 1.165) is 0 Å². The molecule has 1 unspecified atom stereocenters.